The molecule has 2 rings (SSSR count). The van der Waals surface area contributed by atoms with Gasteiger partial charge in [-0.2, -0.15) is 5.10 Å². The van der Waals surface area contributed by atoms with E-state index >= 15 is 0 Å². The number of aliphatic carboxylic acids is 1. The van der Waals surface area contributed by atoms with E-state index < -0.39 is 5.97 Å². The number of hydrogen-bond donors (Lipinski definition) is 3. The molecule has 0 aliphatic heterocycles. The number of aryl methyl sites for hydroxylation is 1. The predicted molar refractivity (Wildman–Crippen MR) is 76.7 cm³/mol. The van der Waals surface area contributed by atoms with Crippen molar-refractivity contribution in [2.24, 2.45) is 11.8 Å². The molecular weight excluding hydrogens is 272 g/mol. The lowest BCUT2D eigenvalue weighted by molar-refractivity contribution is -0.142. The average molecular weight is 294 g/mol. The van der Waals surface area contributed by atoms with Gasteiger partial charge in [0.25, 0.3) is 0 Å². The fourth-order valence-electron chi connectivity index (χ4n) is 2.77. The van der Waals surface area contributed by atoms with Gasteiger partial charge in [-0.05, 0) is 31.2 Å². The molecule has 2 atom stereocenters. The van der Waals surface area contributed by atoms with Crippen molar-refractivity contribution in [2.75, 3.05) is 13.1 Å². The molecule has 1 aromatic heterocycles. The third-order valence-electron chi connectivity index (χ3n) is 3.91. The summed E-state index contributed by atoms with van der Waals surface area (Å²) in [5.74, 6) is -1.01. The maximum Gasteiger partial charge on any atom is 0.314 e. The maximum absolute atomic E-state index is 11.6. The van der Waals surface area contributed by atoms with E-state index in [2.05, 4.69) is 15.7 Å². The summed E-state index contributed by atoms with van der Waals surface area (Å²) in [6.45, 7) is 1.76. The van der Waals surface area contributed by atoms with Crippen molar-refractivity contribution in [1.29, 1.82) is 0 Å². The molecule has 1 saturated carbocycles. The van der Waals surface area contributed by atoms with E-state index in [1.165, 1.54) is 0 Å². The summed E-state index contributed by atoms with van der Waals surface area (Å²) in [5.41, 5.74) is 0. The highest BCUT2D eigenvalue weighted by Crippen LogP contribution is 2.31. The molecule has 1 heterocycles. The van der Waals surface area contributed by atoms with Gasteiger partial charge in [-0.15, -0.1) is 0 Å². The molecule has 1 aromatic rings. The van der Waals surface area contributed by atoms with Crippen molar-refractivity contribution in [3.8, 4) is 0 Å². The van der Waals surface area contributed by atoms with E-state index in [1.54, 1.807) is 6.20 Å². The SMILES string of the molecule is O=C(NCCCn1cccn1)NCC1CCCC1C(=O)O. The van der Waals surface area contributed by atoms with Crippen LogP contribution in [0.1, 0.15) is 25.7 Å². The monoisotopic (exact) mass is 294 g/mol. The molecule has 0 spiro atoms. The largest absolute Gasteiger partial charge is 0.481 e. The van der Waals surface area contributed by atoms with E-state index in [1.807, 2.05) is 16.9 Å². The van der Waals surface area contributed by atoms with Gasteiger partial charge in [-0.1, -0.05) is 6.42 Å². The van der Waals surface area contributed by atoms with Crippen LogP contribution in [0.4, 0.5) is 4.79 Å². The first-order valence-electron chi connectivity index (χ1n) is 7.39. The molecule has 1 aliphatic rings. The van der Waals surface area contributed by atoms with Crippen LogP contribution < -0.4 is 10.6 Å². The van der Waals surface area contributed by atoms with Crippen LogP contribution in [-0.2, 0) is 11.3 Å². The van der Waals surface area contributed by atoms with Gasteiger partial charge in [0.05, 0.1) is 5.92 Å². The maximum atomic E-state index is 11.6. The number of nitrogens with zero attached hydrogens (tertiary/aromatic N) is 2. The van der Waals surface area contributed by atoms with Gasteiger partial charge in [0.15, 0.2) is 0 Å². The summed E-state index contributed by atoms with van der Waals surface area (Å²) in [5, 5.41) is 18.7. The molecule has 1 fully saturated rings. The molecule has 0 saturated heterocycles. The lowest BCUT2D eigenvalue weighted by Crippen LogP contribution is -2.40. The normalized spacial score (nSPS) is 21.1. The fraction of sp³-hybridized carbons (Fsp3) is 0.643. The van der Waals surface area contributed by atoms with E-state index in [4.69, 9.17) is 5.11 Å². The topological polar surface area (TPSA) is 96.3 Å². The zero-order chi connectivity index (χ0) is 15.1. The van der Waals surface area contributed by atoms with Crippen molar-refractivity contribution >= 4 is 12.0 Å². The van der Waals surface area contributed by atoms with Crippen LogP contribution in [0.3, 0.4) is 0 Å². The first-order valence-corrected chi connectivity index (χ1v) is 7.39. The molecule has 3 N–H and O–H groups in total. The fourth-order valence-corrected chi connectivity index (χ4v) is 2.77. The molecule has 0 radical (unpaired) electrons. The van der Waals surface area contributed by atoms with Crippen LogP contribution in [-0.4, -0.2) is 40.0 Å². The molecule has 116 valence electrons. The number of carboxylic acids is 1. The minimum Gasteiger partial charge on any atom is -0.481 e. The molecule has 2 amide bonds. The summed E-state index contributed by atoms with van der Waals surface area (Å²) in [7, 11) is 0. The Morgan fingerprint density at radius 1 is 1.33 bits per heavy atom. The Kier molecular flexibility index (Phi) is 5.59. The van der Waals surface area contributed by atoms with Crippen molar-refractivity contribution in [3.63, 3.8) is 0 Å². The number of rotatable bonds is 7. The number of amides is 2. The average Bonchev–Trinajstić information content (AvgIpc) is 3.12. The first kappa shape index (κ1) is 15.3. The molecular formula is C14H22N4O3. The quantitative estimate of drug-likeness (QED) is 0.655. The number of urea groups is 1. The Balaban J connectivity index is 1.58. The van der Waals surface area contributed by atoms with E-state index in [-0.39, 0.29) is 17.9 Å². The molecule has 0 bridgehead atoms. The van der Waals surface area contributed by atoms with Gasteiger partial charge in [0, 0.05) is 32.0 Å². The zero-order valence-corrected chi connectivity index (χ0v) is 12.0. The Labute approximate surface area is 123 Å². The van der Waals surface area contributed by atoms with E-state index in [9.17, 15) is 9.59 Å². The molecule has 7 nitrogen and oxygen atoms in total. The molecule has 2 unspecified atom stereocenters. The number of carbonyl (C=O) groups is 2. The van der Waals surface area contributed by atoms with Crippen LogP contribution in [0, 0.1) is 11.8 Å². The van der Waals surface area contributed by atoms with E-state index in [0.717, 1.165) is 25.8 Å². The summed E-state index contributed by atoms with van der Waals surface area (Å²) < 4.78 is 1.82. The Morgan fingerprint density at radius 2 is 2.19 bits per heavy atom. The highest BCUT2D eigenvalue weighted by atomic mass is 16.4. The summed E-state index contributed by atoms with van der Waals surface area (Å²) in [6, 6.07) is 1.63. The van der Waals surface area contributed by atoms with Crippen molar-refractivity contribution in [1.82, 2.24) is 20.4 Å². The lowest BCUT2D eigenvalue weighted by atomic mass is 9.96. The highest BCUT2D eigenvalue weighted by molar-refractivity contribution is 5.74. The van der Waals surface area contributed by atoms with Crippen LogP contribution >= 0.6 is 0 Å². The molecule has 21 heavy (non-hydrogen) atoms. The number of nitrogens with one attached hydrogen (secondary N) is 2. The zero-order valence-electron chi connectivity index (χ0n) is 12.0. The van der Waals surface area contributed by atoms with Crippen LogP contribution in [0.25, 0.3) is 0 Å². The standard InChI is InChI=1S/C14H22N4O3/c19-13(20)12-5-1-4-11(12)10-16-14(21)15-6-2-8-18-9-3-7-17-18/h3,7,9,11-12H,1-2,4-6,8,10H2,(H,19,20)(H2,15,16,21). The minimum atomic E-state index is -0.751. The van der Waals surface area contributed by atoms with Gasteiger partial charge in [-0.3, -0.25) is 9.48 Å². The Hall–Kier alpha value is -2.05. The molecule has 1 aliphatic carbocycles. The minimum absolute atomic E-state index is 0.0531. The van der Waals surface area contributed by atoms with Gasteiger partial charge >= 0.3 is 12.0 Å². The third-order valence-corrected chi connectivity index (χ3v) is 3.91. The lowest BCUT2D eigenvalue weighted by Gasteiger charge is -2.16. The molecule has 0 aromatic carbocycles. The summed E-state index contributed by atoms with van der Waals surface area (Å²) >= 11 is 0. The number of carbonyl (C=O) groups excluding carboxylic acids is 1. The molecule has 7 heteroatoms. The smallest absolute Gasteiger partial charge is 0.314 e. The predicted octanol–water partition coefficient (Wildman–Crippen LogP) is 1.07. The second-order valence-electron chi connectivity index (χ2n) is 5.40. The van der Waals surface area contributed by atoms with Crippen LogP contribution in [0.15, 0.2) is 18.5 Å². The van der Waals surface area contributed by atoms with E-state index in [0.29, 0.717) is 19.5 Å². The van der Waals surface area contributed by atoms with Crippen molar-refractivity contribution < 1.29 is 14.7 Å². The first-order chi connectivity index (χ1) is 10.2. The van der Waals surface area contributed by atoms with Gasteiger partial charge in [-0.25, -0.2) is 4.79 Å². The summed E-state index contributed by atoms with van der Waals surface area (Å²) in [6.07, 6.45) is 6.92. The van der Waals surface area contributed by atoms with Gasteiger partial charge < -0.3 is 15.7 Å². The van der Waals surface area contributed by atoms with Crippen molar-refractivity contribution in [2.45, 2.75) is 32.2 Å². The number of aromatic nitrogens is 2. The Morgan fingerprint density at radius 3 is 2.90 bits per heavy atom. The summed E-state index contributed by atoms with van der Waals surface area (Å²) in [4.78, 5) is 22.7. The second kappa shape index (κ2) is 7.66. The third kappa shape index (κ3) is 4.77. The van der Waals surface area contributed by atoms with Crippen molar-refractivity contribution in [3.05, 3.63) is 18.5 Å². The highest BCUT2D eigenvalue weighted by Gasteiger charge is 2.32. The van der Waals surface area contributed by atoms with Crippen LogP contribution in [0.2, 0.25) is 0 Å². The second-order valence-corrected chi connectivity index (χ2v) is 5.40. The number of carboxylic acid groups (broad SMARTS) is 1. The van der Waals surface area contributed by atoms with Gasteiger partial charge in [0.1, 0.15) is 0 Å². The van der Waals surface area contributed by atoms with Crippen LogP contribution in [0.5, 0.6) is 0 Å². The Bertz CT molecular complexity index is 461. The number of hydrogen-bond acceptors (Lipinski definition) is 3. The van der Waals surface area contributed by atoms with Gasteiger partial charge in [0.2, 0.25) is 0 Å².